The van der Waals surface area contributed by atoms with Crippen molar-refractivity contribution >= 4 is 28.9 Å². The Balaban J connectivity index is 2.02. The molecule has 8 heteroatoms. The van der Waals surface area contributed by atoms with E-state index in [0.717, 1.165) is 6.07 Å². The molecule has 0 saturated heterocycles. The van der Waals surface area contributed by atoms with Crippen LogP contribution in [0.2, 0.25) is 5.02 Å². The molecule has 2 aromatic carbocycles. The van der Waals surface area contributed by atoms with Gasteiger partial charge in [-0.15, -0.1) is 0 Å². The van der Waals surface area contributed by atoms with Crippen LogP contribution in [0.3, 0.4) is 0 Å². The van der Waals surface area contributed by atoms with Crippen LogP contribution in [0.5, 0.6) is 5.75 Å². The predicted molar refractivity (Wildman–Crippen MR) is 83.4 cm³/mol. The first-order chi connectivity index (χ1) is 10.9. The second kappa shape index (κ2) is 7.06. The highest BCUT2D eigenvalue weighted by Gasteiger charge is 2.17. The van der Waals surface area contributed by atoms with Gasteiger partial charge in [-0.2, -0.15) is 0 Å². The number of nitro benzene ring substituents is 1. The molecular weight excluding hydrogens is 327 g/mol. The van der Waals surface area contributed by atoms with E-state index in [9.17, 15) is 19.3 Å². The number of carbonyl (C=O) groups is 1. The fraction of sp³-hybridized carbons (Fsp3) is 0.133. The first-order valence-electron chi connectivity index (χ1n) is 6.49. The maximum Gasteiger partial charge on any atom is 0.312 e. The van der Waals surface area contributed by atoms with Gasteiger partial charge in [0.05, 0.1) is 4.92 Å². The fourth-order valence-electron chi connectivity index (χ4n) is 1.77. The number of nitro groups is 1. The first kappa shape index (κ1) is 16.7. The summed E-state index contributed by atoms with van der Waals surface area (Å²) in [4.78, 5) is 22.0. The Kier molecular flexibility index (Phi) is 5.13. The van der Waals surface area contributed by atoms with Crippen LogP contribution in [-0.4, -0.2) is 17.4 Å². The van der Waals surface area contributed by atoms with Crippen molar-refractivity contribution in [2.24, 2.45) is 0 Å². The fourth-order valence-corrected chi connectivity index (χ4v) is 1.93. The van der Waals surface area contributed by atoms with Crippen LogP contribution in [0.1, 0.15) is 5.56 Å². The zero-order chi connectivity index (χ0) is 17.0. The second-order valence-electron chi connectivity index (χ2n) is 4.67. The highest BCUT2D eigenvalue weighted by molar-refractivity contribution is 6.30. The Bertz CT molecular complexity index is 767. The maximum atomic E-state index is 13.4. The molecule has 0 radical (unpaired) electrons. The number of nitrogens with zero attached hydrogens (tertiary/aromatic N) is 1. The van der Waals surface area contributed by atoms with Gasteiger partial charge in [0.2, 0.25) is 0 Å². The topological polar surface area (TPSA) is 81.5 Å². The lowest BCUT2D eigenvalue weighted by Crippen LogP contribution is -2.20. The lowest BCUT2D eigenvalue weighted by atomic mass is 10.2. The van der Waals surface area contributed by atoms with Crippen LogP contribution in [-0.2, 0) is 4.79 Å². The standard InChI is InChI=1S/C15H12ClFN2O4/c1-9-2-4-11(7-12(9)17)18-15(20)8-23-14-5-3-10(16)6-13(14)19(21)22/h2-7H,8H2,1H3,(H,18,20). The molecule has 0 aliphatic rings. The molecule has 0 unspecified atom stereocenters. The summed E-state index contributed by atoms with van der Waals surface area (Å²) in [5.74, 6) is -1.10. The number of anilines is 1. The van der Waals surface area contributed by atoms with E-state index in [1.807, 2.05) is 0 Å². The number of rotatable bonds is 5. The van der Waals surface area contributed by atoms with Crippen LogP contribution < -0.4 is 10.1 Å². The third kappa shape index (κ3) is 4.40. The molecule has 0 aliphatic carbocycles. The Morgan fingerprint density at radius 2 is 2.09 bits per heavy atom. The molecular formula is C15H12ClFN2O4. The SMILES string of the molecule is Cc1ccc(NC(=O)COc2ccc(Cl)cc2[N+](=O)[O-])cc1F. The summed E-state index contributed by atoms with van der Waals surface area (Å²) >= 11 is 5.68. The van der Waals surface area contributed by atoms with Gasteiger partial charge >= 0.3 is 5.69 Å². The van der Waals surface area contributed by atoms with Gasteiger partial charge in [-0.3, -0.25) is 14.9 Å². The van der Waals surface area contributed by atoms with Crippen molar-refractivity contribution in [2.75, 3.05) is 11.9 Å². The number of hydrogen-bond acceptors (Lipinski definition) is 4. The molecule has 1 N–H and O–H groups in total. The summed E-state index contributed by atoms with van der Waals surface area (Å²) in [6, 6.07) is 8.09. The number of halogens is 2. The largest absolute Gasteiger partial charge is 0.477 e. The average molecular weight is 339 g/mol. The highest BCUT2D eigenvalue weighted by Crippen LogP contribution is 2.29. The molecule has 0 atom stereocenters. The minimum Gasteiger partial charge on any atom is -0.477 e. The van der Waals surface area contributed by atoms with Gasteiger partial charge in [0.15, 0.2) is 12.4 Å². The van der Waals surface area contributed by atoms with E-state index < -0.39 is 23.3 Å². The molecule has 0 bridgehead atoms. The molecule has 1 amide bonds. The van der Waals surface area contributed by atoms with Gasteiger partial charge in [-0.05, 0) is 36.8 Å². The van der Waals surface area contributed by atoms with Gasteiger partial charge in [0.25, 0.3) is 5.91 Å². The summed E-state index contributed by atoms with van der Waals surface area (Å²) in [7, 11) is 0. The lowest BCUT2D eigenvalue weighted by molar-refractivity contribution is -0.385. The third-order valence-corrected chi connectivity index (χ3v) is 3.17. The molecule has 6 nitrogen and oxygen atoms in total. The number of carbonyl (C=O) groups excluding carboxylic acids is 1. The summed E-state index contributed by atoms with van der Waals surface area (Å²) in [6.07, 6.45) is 0. The van der Waals surface area contributed by atoms with E-state index in [-0.39, 0.29) is 22.1 Å². The molecule has 23 heavy (non-hydrogen) atoms. The van der Waals surface area contributed by atoms with Crippen LogP contribution in [0.4, 0.5) is 15.8 Å². The van der Waals surface area contributed by atoms with Gasteiger partial charge in [-0.25, -0.2) is 4.39 Å². The van der Waals surface area contributed by atoms with E-state index in [1.54, 1.807) is 13.0 Å². The Morgan fingerprint density at radius 1 is 1.35 bits per heavy atom. The van der Waals surface area contributed by atoms with Crippen molar-refractivity contribution < 1.29 is 18.8 Å². The smallest absolute Gasteiger partial charge is 0.312 e. The number of hydrogen-bond donors (Lipinski definition) is 1. The zero-order valence-electron chi connectivity index (χ0n) is 12.0. The Morgan fingerprint density at radius 3 is 2.74 bits per heavy atom. The summed E-state index contributed by atoms with van der Waals surface area (Å²) in [6.45, 7) is 1.14. The Hall–Kier alpha value is -2.67. The third-order valence-electron chi connectivity index (χ3n) is 2.93. The van der Waals surface area contributed by atoms with Crippen LogP contribution in [0.25, 0.3) is 0 Å². The molecule has 0 aliphatic heterocycles. The summed E-state index contributed by atoms with van der Waals surface area (Å²) in [5, 5.41) is 13.5. The van der Waals surface area contributed by atoms with Gasteiger partial charge in [-0.1, -0.05) is 17.7 Å². The maximum absolute atomic E-state index is 13.4. The van der Waals surface area contributed by atoms with Crippen LogP contribution >= 0.6 is 11.6 Å². The summed E-state index contributed by atoms with van der Waals surface area (Å²) in [5.41, 5.74) is 0.384. The normalized spacial score (nSPS) is 10.2. The zero-order valence-corrected chi connectivity index (χ0v) is 12.8. The quantitative estimate of drug-likeness (QED) is 0.665. The Labute approximate surface area is 136 Å². The molecule has 0 aromatic heterocycles. The van der Waals surface area contributed by atoms with Crippen LogP contribution in [0.15, 0.2) is 36.4 Å². The van der Waals surface area contributed by atoms with Gasteiger partial charge in [0, 0.05) is 16.8 Å². The van der Waals surface area contributed by atoms with Crippen molar-refractivity contribution in [3.8, 4) is 5.75 Å². The number of amides is 1. The van der Waals surface area contributed by atoms with E-state index in [0.29, 0.717) is 5.56 Å². The van der Waals surface area contributed by atoms with E-state index in [2.05, 4.69) is 5.32 Å². The van der Waals surface area contributed by atoms with Gasteiger partial charge in [0.1, 0.15) is 5.82 Å². The number of benzene rings is 2. The average Bonchev–Trinajstić information content (AvgIpc) is 2.49. The molecule has 0 fully saturated rings. The van der Waals surface area contributed by atoms with Crippen molar-refractivity contribution in [3.05, 3.63) is 62.9 Å². The molecule has 2 aromatic rings. The van der Waals surface area contributed by atoms with Crippen molar-refractivity contribution in [2.45, 2.75) is 6.92 Å². The first-order valence-corrected chi connectivity index (χ1v) is 6.87. The van der Waals surface area contributed by atoms with E-state index in [4.69, 9.17) is 16.3 Å². The summed E-state index contributed by atoms with van der Waals surface area (Å²) < 4.78 is 18.5. The van der Waals surface area contributed by atoms with Gasteiger partial charge < -0.3 is 10.1 Å². The van der Waals surface area contributed by atoms with Crippen molar-refractivity contribution in [3.63, 3.8) is 0 Å². The molecule has 0 heterocycles. The number of ether oxygens (including phenoxy) is 1. The minimum absolute atomic E-state index is 0.0790. The van der Waals surface area contributed by atoms with Crippen LogP contribution in [0, 0.1) is 22.9 Å². The monoisotopic (exact) mass is 338 g/mol. The number of nitrogens with one attached hydrogen (secondary N) is 1. The second-order valence-corrected chi connectivity index (χ2v) is 5.11. The molecule has 0 saturated carbocycles. The lowest BCUT2D eigenvalue weighted by Gasteiger charge is -2.08. The molecule has 2 rings (SSSR count). The van der Waals surface area contributed by atoms with Crippen molar-refractivity contribution in [1.29, 1.82) is 0 Å². The molecule has 0 spiro atoms. The highest BCUT2D eigenvalue weighted by atomic mass is 35.5. The number of aryl methyl sites for hydroxylation is 1. The van der Waals surface area contributed by atoms with Crippen molar-refractivity contribution in [1.82, 2.24) is 0 Å². The minimum atomic E-state index is -0.658. The van der Waals surface area contributed by atoms with E-state index >= 15 is 0 Å². The van der Waals surface area contributed by atoms with E-state index in [1.165, 1.54) is 24.3 Å². The predicted octanol–water partition coefficient (Wildman–Crippen LogP) is 3.71. The molecule has 120 valence electrons.